The Morgan fingerprint density at radius 1 is 0.708 bits per heavy atom. The molecule has 0 saturated carbocycles. The summed E-state index contributed by atoms with van der Waals surface area (Å²) in [4.78, 5) is 1.66. The van der Waals surface area contributed by atoms with E-state index in [0.29, 0.717) is 5.75 Å². The molecule has 3 aromatic rings. The van der Waals surface area contributed by atoms with E-state index in [1.165, 1.54) is 0 Å². The maximum atomic E-state index is 12.5. The van der Waals surface area contributed by atoms with Crippen molar-refractivity contribution in [2.45, 2.75) is 15.5 Å². The molecule has 3 rings (SSSR count). The van der Waals surface area contributed by atoms with Crippen LogP contribution in [-0.4, -0.2) is 15.4 Å². The van der Waals surface area contributed by atoms with Crippen LogP contribution in [0.25, 0.3) is 11.1 Å². The van der Waals surface area contributed by atoms with Crippen molar-refractivity contribution in [2.75, 3.05) is 6.26 Å². The summed E-state index contributed by atoms with van der Waals surface area (Å²) in [5.41, 5.74) is 3.18. The fraction of sp³-hybridized carbons (Fsp3) is 0.100. The fourth-order valence-electron chi connectivity index (χ4n) is 2.49. The predicted octanol–water partition coefficient (Wildman–Crippen LogP) is 4.40. The number of rotatable bonds is 5. The van der Waals surface area contributed by atoms with Gasteiger partial charge in [-0.3, -0.25) is 0 Å². The molecule has 3 aromatic carbocycles. The average Bonchev–Trinajstić information content (AvgIpc) is 2.63. The van der Waals surface area contributed by atoms with Crippen molar-refractivity contribution in [3.8, 4) is 11.1 Å². The van der Waals surface area contributed by atoms with Crippen LogP contribution in [0.3, 0.4) is 0 Å². The van der Waals surface area contributed by atoms with E-state index in [1.807, 2.05) is 72.8 Å². The molecule has 0 N–H and O–H groups in total. The van der Waals surface area contributed by atoms with Crippen molar-refractivity contribution < 1.29 is 9.11 Å². The Hall–Kier alpha value is -1.72. The second kappa shape index (κ2) is 7.90. The van der Waals surface area contributed by atoms with Gasteiger partial charge in [0.05, 0.1) is 0 Å². The van der Waals surface area contributed by atoms with Gasteiger partial charge in [-0.1, -0.05) is 36.4 Å². The van der Waals surface area contributed by atoms with Gasteiger partial charge < -0.3 is 9.11 Å². The lowest BCUT2D eigenvalue weighted by Crippen LogP contribution is -2.04. The molecule has 4 heteroatoms. The quantitative estimate of drug-likeness (QED) is 0.638. The summed E-state index contributed by atoms with van der Waals surface area (Å²) in [6, 6.07) is 25.3. The lowest BCUT2D eigenvalue weighted by Gasteiger charge is -2.11. The van der Waals surface area contributed by atoms with Gasteiger partial charge in [-0.2, -0.15) is 0 Å². The minimum absolute atomic E-state index is 0.495. The molecule has 0 saturated heterocycles. The summed E-state index contributed by atoms with van der Waals surface area (Å²) in [6.07, 6.45) is 1.68. The zero-order chi connectivity index (χ0) is 16.9. The van der Waals surface area contributed by atoms with Gasteiger partial charge in [0.1, 0.15) is 12.0 Å². The highest BCUT2D eigenvalue weighted by Crippen LogP contribution is 2.24. The van der Waals surface area contributed by atoms with Crippen LogP contribution in [0.2, 0.25) is 0 Å². The minimum Gasteiger partial charge on any atom is -0.612 e. The normalized spacial score (nSPS) is 13.5. The van der Waals surface area contributed by atoms with Gasteiger partial charge in [-0.05, 0) is 75.9 Å². The van der Waals surface area contributed by atoms with E-state index < -0.39 is 22.4 Å². The van der Waals surface area contributed by atoms with Crippen molar-refractivity contribution in [2.24, 2.45) is 0 Å². The Labute approximate surface area is 148 Å². The second-order valence-electron chi connectivity index (χ2n) is 5.48. The summed E-state index contributed by atoms with van der Waals surface area (Å²) in [5.74, 6) is 0.495. The number of hydrogen-bond acceptors (Lipinski definition) is 2. The Morgan fingerprint density at radius 2 is 1.42 bits per heavy atom. The van der Waals surface area contributed by atoms with Crippen molar-refractivity contribution in [3.63, 3.8) is 0 Å². The molecule has 2 nitrogen and oxygen atoms in total. The zero-order valence-electron chi connectivity index (χ0n) is 13.3. The number of benzene rings is 3. The molecule has 2 unspecified atom stereocenters. The lowest BCUT2D eigenvalue weighted by atomic mass is 10.0. The Kier molecular flexibility index (Phi) is 5.63. The third-order valence-electron chi connectivity index (χ3n) is 3.75. The van der Waals surface area contributed by atoms with E-state index in [1.54, 1.807) is 6.26 Å². The van der Waals surface area contributed by atoms with Crippen molar-refractivity contribution in [1.29, 1.82) is 0 Å². The molecule has 0 radical (unpaired) electrons. The summed E-state index contributed by atoms with van der Waals surface area (Å²) in [5, 5.41) is 0. The van der Waals surface area contributed by atoms with Gasteiger partial charge in [0, 0.05) is 5.56 Å². The smallest absolute Gasteiger partial charge is 0.153 e. The Morgan fingerprint density at radius 3 is 2.08 bits per heavy atom. The van der Waals surface area contributed by atoms with Gasteiger partial charge in [0.15, 0.2) is 9.79 Å². The van der Waals surface area contributed by atoms with Gasteiger partial charge in [-0.15, -0.1) is 0 Å². The molecule has 122 valence electrons. The van der Waals surface area contributed by atoms with Gasteiger partial charge >= 0.3 is 0 Å². The molecule has 0 fully saturated rings. The van der Waals surface area contributed by atoms with Crippen LogP contribution in [0.1, 0.15) is 5.56 Å². The van der Waals surface area contributed by atoms with Crippen LogP contribution < -0.4 is 0 Å². The molecule has 0 aliphatic heterocycles. The van der Waals surface area contributed by atoms with Crippen molar-refractivity contribution >= 4 is 22.4 Å². The maximum Gasteiger partial charge on any atom is 0.153 e. The molecule has 0 heterocycles. The summed E-state index contributed by atoms with van der Waals surface area (Å²) in [7, 11) is 0. The maximum absolute atomic E-state index is 12.5. The highest BCUT2D eigenvalue weighted by atomic mass is 32.2. The monoisotopic (exact) mass is 354 g/mol. The molecule has 24 heavy (non-hydrogen) atoms. The lowest BCUT2D eigenvalue weighted by molar-refractivity contribution is 0.594. The highest BCUT2D eigenvalue weighted by molar-refractivity contribution is 7.91. The Bertz CT molecular complexity index is 786. The number of hydrogen-bond donors (Lipinski definition) is 0. The van der Waals surface area contributed by atoms with Crippen LogP contribution in [0, 0.1) is 0 Å². The zero-order valence-corrected chi connectivity index (χ0v) is 15.0. The molecule has 0 spiro atoms. The molecular weight excluding hydrogens is 336 g/mol. The minimum atomic E-state index is -1.05. The predicted molar refractivity (Wildman–Crippen MR) is 101 cm³/mol. The topological polar surface area (TPSA) is 46.1 Å². The molecule has 0 aromatic heterocycles. The van der Waals surface area contributed by atoms with E-state index in [2.05, 4.69) is 6.07 Å². The van der Waals surface area contributed by atoms with E-state index in [-0.39, 0.29) is 0 Å². The SMILES string of the molecule is C[S+]([O-])c1ccc(-c2cccc(C[S+]([O-])c3ccccc3)c2)cc1. The van der Waals surface area contributed by atoms with Crippen LogP contribution in [-0.2, 0) is 28.1 Å². The van der Waals surface area contributed by atoms with Crippen molar-refractivity contribution in [1.82, 2.24) is 0 Å². The second-order valence-corrected chi connectivity index (χ2v) is 8.31. The van der Waals surface area contributed by atoms with Gasteiger partial charge in [-0.25, -0.2) is 0 Å². The summed E-state index contributed by atoms with van der Waals surface area (Å²) < 4.78 is 23.9. The first-order valence-corrected chi connectivity index (χ1v) is 10.5. The highest BCUT2D eigenvalue weighted by Gasteiger charge is 2.12. The van der Waals surface area contributed by atoms with Crippen molar-refractivity contribution in [3.05, 3.63) is 84.4 Å². The van der Waals surface area contributed by atoms with Gasteiger partial charge in [0.2, 0.25) is 0 Å². The fourth-order valence-corrected chi connectivity index (χ4v) is 4.12. The molecule has 0 amide bonds. The van der Waals surface area contributed by atoms with E-state index in [4.69, 9.17) is 0 Å². The van der Waals surface area contributed by atoms with Crippen LogP contribution in [0.4, 0.5) is 0 Å². The molecule has 0 aliphatic carbocycles. The van der Waals surface area contributed by atoms with E-state index in [0.717, 1.165) is 26.5 Å². The third kappa shape index (κ3) is 4.22. The van der Waals surface area contributed by atoms with Crippen LogP contribution in [0.15, 0.2) is 88.7 Å². The molecule has 0 bridgehead atoms. The summed E-state index contributed by atoms with van der Waals surface area (Å²) in [6.45, 7) is 0. The van der Waals surface area contributed by atoms with E-state index in [9.17, 15) is 9.11 Å². The molecule has 0 aliphatic rings. The molecular formula is C20H18O2S2. The third-order valence-corrected chi connectivity index (χ3v) is 6.08. The Balaban J connectivity index is 1.79. The van der Waals surface area contributed by atoms with Crippen LogP contribution in [0.5, 0.6) is 0 Å². The van der Waals surface area contributed by atoms with E-state index >= 15 is 0 Å². The van der Waals surface area contributed by atoms with Gasteiger partial charge in [0.25, 0.3) is 0 Å². The largest absolute Gasteiger partial charge is 0.612 e. The first-order chi connectivity index (χ1) is 11.6. The summed E-state index contributed by atoms with van der Waals surface area (Å²) >= 11 is -2.02. The first kappa shape index (κ1) is 17.1. The molecule has 2 atom stereocenters. The standard InChI is InChI=1S/C20H18O2S2/c1-23(21)19-12-10-17(11-13-19)18-7-5-6-16(14-18)15-24(22)20-8-3-2-4-9-20/h2-14H,15H2,1H3. The average molecular weight is 354 g/mol. The first-order valence-electron chi connectivity index (χ1n) is 7.60. The van der Waals surface area contributed by atoms with Crippen LogP contribution >= 0.6 is 0 Å².